The van der Waals surface area contributed by atoms with E-state index in [1.54, 1.807) is 12.5 Å². The molecule has 20 heavy (non-hydrogen) atoms. The fourth-order valence-electron chi connectivity index (χ4n) is 2.61. The van der Waals surface area contributed by atoms with Gasteiger partial charge in [-0.15, -0.1) is 0 Å². The average molecular weight is 337 g/mol. The lowest BCUT2D eigenvalue weighted by molar-refractivity contribution is 0.291. The maximum absolute atomic E-state index is 5.57. The van der Waals surface area contributed by atoms with Crippen LogP contribution in [0.2, 0.25) is 0 Å². The van der Waals surface area contributed by atoms with Crippen molar-refractivity contribution in [2.45, 2.75) is 19.0 Å². The summed E-state index contributed by atoms with van der Waals surface area (Å²) in [5.41, 5.74) is 0. The van der Waals surface area contributed by atoms with Crippen molar-refractivity contribution >= 4 is 21.7 Å². The first-order valence-electron chi connectivity index (χ1n) is 6.68. The van der Waals surface area contributed by atoms with Gasteiger partial charge in [0.2, 0.25) is 0 Å². The molecule has 106 valence electrons. The molecule has 0 saturated carbocycles. The third-order valence-electron chi connectivity index (χ3n) is 3.73. The van der Waals surface area contributed by atoms with E-state index in [9.17, 15) is 0 Å². The standard InChI is InChI=1S/C14H17BrN4O/c1-18(14-4-6-16-10-17-14)11-5-7-19(8-11)9-12-2-3-13(15)20-12/h2-4,6,10-11H,5,7-9H2,1H3. The van der Waals surface area contributed by atoms with Gasteiger partial charge in [-0.2, -0.15) is 0 Å². The Morgan fingerprint density at radius 2 is 2.35 bits per heavy atom. The van der Waals surface area contributed by atoms with Crippen molar-refractivity contribution in [2.75, 3.05) is 25.0 Å². The highest BCUT2D eigenvalue weighted by Gasteiger charge is 2.26. The van der Waals surface area contributed by atoms with Crippen LogP contribution in [-0.4, -0.2) is 41.0 Å². The molecule has 1 atom stereocenters. The quantitative estimate of drug-likeness (QED) is 0.858. The van der Waals surface area contributed by atoms with Crippen LogP contribution in [-0.2, 0) is 6.54 Å². The molecule has 0 aliphatic carbocycles. The summed E-state index contributed by atoms with van der Waals surface area (Å²) >= 11 is 3.34. The second-order valence-corrected chi connectivity index (χ2v) is 5.84. The molecule has 5 nitrogen and oxygen atoms in total. The highest BCUT2D eigenvalue weighted by atomic mass is 79.9. The number of aromatic nitrogens is 2. The molecular weight excluding hydrogens is 320 g/mol. The molecule has 1 saturated heterocycles. The molecule has 0 N–H and O–H groups in total. The van der Waals surface area contributed by atoms with Crippen molar-refractivity contribution in [2.24, 2.45) is 0 Å². The molecule has 6 heteroatoms. The van der Waals surface area contributed by atoms with Crippen molar-refractivity contribution in [3.63, 3.8) is 0 Å². The van der Waals surface area contributed by atoms with Gasteiger partial charge in [-0.05, 0) is 40.5 Å². The van der Waals surface area contributed by atoms with Crippen LogP contribution in [0, 0.1) is 0 Å². The molecule has 1 unspecified atom stereocenters. The SMILES string of the molecule is CN(c1ccncn1)C1CCN(Cc2ccc(Br)o2)C1. The Hall–Kier alpha value is -1.40. The number of hydrogen-bond acceptors (Lipinski definition) is 5. The minimum absolute atomic E-state index is 0.489. The summed E-state index contributed by atoms with van der Waals surface area (Å²) in [5.74, 6) is 1.98. The van der Waals surface area contributed by atoms with Gasteiger partial charge in [-0.3, -0.25) is 4.90 Å². The summed E-state index contributed by atoms with van der Waals surface area (Å²) in [5, 5.41) is 0. The minimum atomic E-state index is 0.489. The molecule has 0 amide bonds. The van der Waals surface area contributed by atoms with Crippen molar-refractivity contribution in [3.8, 4) is 0 Å². The van der Waals surface area contributed by atoms with E-state index < -0.39 is 0 Å². The first-order valence-corrected chi connectivity index (χ1v) is 7.47. The first kappa shape index (κ1) is 13.6. The number of furan rings is 1. The smallest absolute Gasteiger partial charge is 0.169 e. The van der Waals surface area contributed by atoms with E-state index in [1.165, 1.54) is 0 Å². The highest BCUT2D eigenvalue weighted by molar-refractivity contribution is 9.10. The van der Waals surface area contributed by atoms with E-state index in [0.29, 0.717) is 6.04 Å². The molecule has 0 aromatic carbocycles. The van der Waals surface area contributed by atoms with Crippen LogP contribution < -0.4 is 4.90 Å². The molecule has 0 bridgehead atoms. The van der Waals surface area contributed by atoms with Gasteiger partial charge in [0.25, 0.3) is 0 Å². The van der Waals surface area contributed by atoms with Crippen LogP contribution in [0.5, 0.6) is 0 Å². The Bertz CT molecular complexity index is 559. The fraction of sp³-hybridized carbons (Fsp3) is 0.429. The van der Waals surface area contributed by atoms with Gasteiger partial charge in [0.05, 0.1) is 6.54 Å². The second kappa shape index (κ2) is 5.93. The third kappa shape index (κ3) is 3.02. The van der Waals surface area contributed by atoms with Gasteiger partial charge in [-0.25, -0.2) is 9.97 Å². The molecule has 3 rings (SSSR count). The number of likely N-dealkylation sites (N-methyl/N-ethyl adjacent to an activating group) is 1. The Labute approximate surface area is 126 Å². The van der Waals surface area contributed by atoms with E-state index in [0.717, 1.165) is 42.3 Å². The predicted octanol–water partition coefficient (Wildman–Crippen LogP) is 2.54. The van der Waals surface area contributed by atoms with Crippen molar-refractivity contribution < 1.29 is 4.42 Å². The number of rotatable bonds is 4. The monoisotopic (exact) mass is 336 g/mol. The molecule has 1 aliphatic rings. The number of nitrogens with zero attached hydrogens (tertiary/aromatic N) is 4. The van der Waals surface area contributed by atoms with E-state index in [-0.39, 0.29) is 0 Å². The molecular formula is C14H17BrN4O. The van der Waals surface area contributed by atoms with Gasteiger partial charge < -0.3 is 9.32 Å². The molecule has 1 fully saturated rings. The average Bonchev–Trinajstić information content (AvgIpc) is 3.09. The molecule has 0 spiro atoms. The van der Waals surface area contributed by atoms with E-state index in [1.807, 2.05) is 18.2 Å². The maximum Gasteiger partial charge on any atom is 0.169 e. The predicted molar refractivity (Wildman–Crippen MR) is 80.5 cm³/mol. The molecule has 3 heterocycles. The topological polar surface area (TPSA) is 45.4 Å². The Balaban J connectivity index is 1.59. The van der Waals surface area contributed by atoms with Gasteiger partial charge in [0.15, 0.2) is 4.67 Å². The largest absolute Gasteiger partial charge is 0.453 e. The molecule has 0 radical (unpaired) electrons. The molecule has 2 aromatic heterocycles. The lowest BCUT2D eigenvalue weighted by atomic mass is 10.2. The van der Waals surface area contributed by atoms with Crippen LogP contribution in [0.15, 0.2) is 39.8 Å². The maximum atomic E-state index is 5.57. The zero-order valence-corrected chi connectivity index (χ0v) is 13.0. The van der Waals surface area contributed by atoms with E-state index in [2.05, 4.69) is 42.7 Å². The Kier molecular flexibility index (Phi) is 4.03. The number of hydrogen-bond donors (Lipinski definition) is 0. The minimum Gasteiger partial charge on any atom is -0.453 e. The zero-order chi connectivity index (χ0) is 13.9. The fourth-order valence-corrected chi connectivity index (χ4v) is 2.95. The molecule has 2 aromatic rings. The number of halogens is 1. The van der Waals surface area contributed by atoms with Gasteiger partial charge in [0, 0.05) is 32.4 Å². The summed E-state index contributed by atoms with van der Waals surface area (Å²) in [4.78, 5) is 12.9. The third-order valence-corrected chi connectivity index (χ3v) is 4.16. The highest BCUT2D eigenvalue weighted by Crippen LogP contribution is 2.22. The van der Waals surface area contributed by atoms with Crippen molar-refractivity contribution in [3.05, 3.63) is 41.2 Å². The Morgan fingerprint density at radius 1 is 1.45 bits per heavy atom. The number of likely N-dealkylation sites (tertiary alicyclic amines) is 1. The summed E-state index contributed by atoms with van der Waals surface area (Å²) in [6.45, 7) is 2.97. The Morgan fingerprint density at radius 3 is 3.05 bits per heavy atom. The van der Waals surface area contributed by atoms with E-state index >= 15 is 0 Å². The zero-order valence-electron chi connectivity index (χ0n) is 11.4. The summed E-state index contributed by atoms with van der Waals surface area (Å²) in [6, 6.07) is 6.40. The van der Waals surface area contributed by atoms with E-state index in [4.69, 9.17) is 4.42 Å². The van der Waals surface area contributed by atoms with Crippen LogP contribution in [0.1, 0.15) is 12.2 Å². The van der Waals surface area contributed by atoms with Gasteiger partial charge in [0.1, 0.15) is 17.9 Å². The summed E-state index contributed by atoms with van der Waals surface area (Å²) in [7, 11) is 2.10. The van der Waals surface area contributed by atoms with Crippen LogP contribution in [0.4, 0.5) is 5.82 Å². The normalized spacial score (nSPS) is 19.4. The number of anilines is 1. The lowest BCUT2D eigenvalue weighted by Gasteiger charge is -2.25. The first-order chi connectivity index (χ1) is 9.72. The lowest BCUT2D eigenvalue weighted by Crippen LogP contribution is -2.34. The van der Waals surface area contributed by atoms with Crippen molar-refractivity contribution in [1.29, 1.82) is 0 Å². The van der Waals surface area contributed by atoms with Crippen LogP contribution in [0.25, 0.3) is 0 Å². The van der Waals surface area contributed by atoms with Crippen molar-refractivity contribution in [1.82, 2.24) is 14.9 Å². The van der Waals surface area contributed by atoms with Crippen LogP contribution in [0.3, 0.4) is 0 Å². The van der Waals surface area contributed by atoms with Gasteiger partial charge in [-0.1, -0.05) is 0 Å². The summed E-state index contributed by atoms with van der Waals surface area (Å²) < 4.78 is 6.36. The molecule has 1 aliphatic heterocycles. The second-order valence-electron chi connectivity index (χ2n) is 5.06. The van der Waals surface area contributed by atoms with Gasteiger partial charge >= 0.3 is 0 Å². The summed E-state index contributed by atoms with van der Waals surface area (Å²) in [6.07, 6.45) is 4.52. The van der Waals surface area contributed by atoms with Crippen LogP contribution >= 0.6 is 15.9 Å².